The second-order valence-electron chi connectivity index (χ2n) is 6.74. The first kappa shape index (κ1) is 18.1. The predicted molar refractivity (Wildman–Crippen MR) is 95.7 cm³/mol. The zero-order chi connectivity index (χ0) is 18.8. The van der Waals surface area contributed by atoms with Gasteiger partial charge in [0.25, 0.3) is 11.5 Å². The van der Waals surface area contributed by atoms with Crippen molar-refractivity contribution in [3.8, 4) is 0 Å². The maximum absolute atomic E-state index is 12.5. The van der Waals surface area contributed by atoms with Gasteiger partial charge in [-0.25, -0.2) is 4.98 Å². The average molecular weight is 358 g/mol. The number of carbonyl (C=O) groups excluding carboxylic acids is 2. The van der Waals surface area contributed by atoms with Crippen LogP contribution in [0.15, 0.2) is 29.1 Å². The van der Waals surface area contributed by atoms with Crippen molar-refractivity contribution in [2.24, 2.45) is 5.92 Å². The molecule has 2 amide bonds. The topological polar surface area (TPSA) is 107 Å². The average Bonchev–Trinajstić information content (AvgIpc) is 2.61. The Morgan fingerprint density at radius 1 is 1.19 bits per heavy atom. The van der Waals surface area contributed by atoms with Crippen LogP contribution in [0.1, 0.15) is 23.3 Å². The van der Waals surface area contributed by atoms with Gasteiger partial charge in [0.15, 0.2) is 5.69 Å². The van der Waals surface area contributed by atoms with Crippen LogP contribution in [0, 0.1) is 5.92 Å². The number of hydrogen-bond acceptors (Lipinski definition) is 5. The number of nitrogens with one attached hydrogen (secondary N) is 1. The monoisotopic (exact) mass is 358 g/mol. The Balaban J connectivity index is 1.63. The number of benzene rings is 1. The number of aromatic amines is 1. The summed E-state index contributed by atoms with van der Waals surface area (Å²) in [7, 11) is 3.25. The Hall–Kier alpha value is -2.74. The standard InChI is InChI=1S/C18H22N4O4/c1-21(17(25)11-9-12(23)10-11)7-8-22(2)18(26)15-16(24)20-14-6-4-3-5-13(14)19-15/h3-6,11-12,23H,7-10H2,1-2H3,(H,20,24). The van der Waals surface area contributed by atoms with Gasteiger partial charge >= 0.3 is 0 Å². The molecule has 1 aliphatic rings. The highest BCUT2D eigenvalue weighted by Crippen LogP contribution is 2.28. The van der Waals surface area contributed by atoms with Gasteiger partial charge in [-0.2, -0.15) is 0 Å². The first-order chi connectivity index (χ1) is 12.4. The van der Waals surface area contributed by atoms with E-state index in [4.69, 9.17) is 0 Å². The van der Waals surface area contributed by atoms with Gasteiger partial charge in [-0.1, -0.05) is 12.1 Å². The number of H-pyrrole nitrogens is 1. The number of nitrogens with zero attached hydrogens (tertiary/aromatic N) is 3. The summed E-state index contributed by atoms with van der Waals surface area (Å²) in [5.41, 5.74) is 0.417. The van der Waals surface area contributed by atoms with Crippen molar-refractivity contribution in [2.45, 2.75) is 18.9 Å². The normalized spacial score (nSPS) is 19.0. The number of aromatic nitrogens is 2. The molecule has 1 aromatic carbocycles. The molecule has 1 heterocycles. The van der Waals surface area contributed by atoms with Crippen molar-refractivity contribution in [1.82, 2.24) is 19.8 Å². The zero-order valence-corrected chi connectivity index (χ0v) is 14.8. The summed E-state index contributed by atoms with van der Waals surface area (Å²) in [6.45, 7) is 0.628. The number of aliphatic hydroxyl groups is 1. The summed E-state index contributed by atoms with van der Waals surface area (Å²) in [6.07, 6.45) is 0.607. The lowest BCUT2D eigenvalue weighted by atomic mass is 9.81. The quantitative estimate of drug-likeness (QED) is 0.795. The molecule has 0 spiro atoms. The van der Waals surface area contributed by atoms with Crippen molar-refractivity contribution in [1.29, 1.82) is 0 Å². The van der Waals surface area contributed by atoms with Gasteiger partial charge in [0.2, 0.25) is 5.91 Å². The van der Waals surface area contributed by atoms with Crippen LogP contribution in [-0.2, 0) is 4.79 Å². The van der Waals surface area contributed by atoms with E-state index in [1.165, 1.54) is 4.90 Å². The first-order valence-electron chi connectivity index (χ1n) is 8.54. The predicted octanol–water partition coefficient (Wildman–Crippen LogP) is 0.224. The molecule has 3 rings (SSSR count). The number of fused-ring (bicyclic) bond motifs is 1. The summed E-state index contributed by atoms with van der Waals surface area (Å²) in [5.74, 6) is -0.657. The molecule has 0 unspecified atom stereocenters. The maximum atomic E-state index is 12.5. The first-order valence-corrected chi connectivity index (χ1v) is 8.54. The minimum Gasteiger partial charge on any atom is -0.393 e. The van der Waals surface area contributed by atoms with E-state index in [1.807, 2.05) is 0 Å². The number of amides is 2. The van der Waals surface area contributed by atoms with Crippen LogP contribution in [0.25, 0.3) is 11.0 Å². The van der Waals surface area contributed by atoms with E-state index in [-0.39, 0.29) is 30.2 Å². The van der Waals surface area contributed by atoms with Gasteiger partial charge in [0, 0.05) is 33.1 Å². The van der Waals surface area contributed by atoms with E-state index in [0.29, 0.717) is 30.4 Å². The van der Waals surface area contributed by atoms with Crippen LogP contribution < -0.4 is 5.56 Å². The SMILES string of the molecule is CN(CCN(C)C(=O)C1CC(O)C1)C(=O)c1nc2ccccc2[nH]c1=O. The largest absolute Gasteiger partial charge is 0.393 e. The molecule has 1 saturated carbocycles. The number of para-hydroxylation sites is 2. The van der Waals surface area contributed by atoms with E-state index in [2.05, 4.69) is 9.97 Å². The van der Waals surface area contributed by atoms with Crippen LogP contribution in [-0.4, -0.2) is 70.0 Å². The molecule has 2 N–H and O–H groups in total. The smallest absolute Gasteiger partial charge is 0.280 e. The van der Waals surface area contributed by atoms with Crippen molar-refractivity contribution in [3.63, 3.8) is 0 Å². The molecule has 0 bridgehead atoms. The number of rotatable bonds is 5. The minimum atomic E-state index is -0.534. The van der Waals surface area contributed by atoms with E-state index in [0.717, 1.165) is 0 Å². The Bertz CT molecular complexity index is 888. The van der Waals surface area contributed by atoms with Crippen LogP contribution in [0.2, 0.25) is 0 Å². The lowest BCUT2D eigenvalue weighted by Crippen LogP contribution is -2.45. The third-order valence-electron chi connectivity index (χ3n) is 4.76. The molecule has 1 aliphatic carbocycles. The number of hydrogen-bond donors (Lipinski definition) is 2. The summed E-state index contributed by atoms with van der Waals surface area (Å²) in [4.78, 5) is 46.6. The Morgan fingerprint density at radius 2 is 1.85 bits per heavy atom. The Morgan fingerprint density at radius 3 is 2.54 bits per heavy atom. The fourth-order valence-electron chi connectivity index (χ4n) is 2.97. The summed E-state index contributed by atoms with van der Waals surface area (Å²) < 4.78 is 0. The van der Waals surface area contributed by atoms with Crippen molar-refractivity contribution >= 4 is 22.8 Å². The Labute approximate surface area is 150 Å². The molecule has 0 atom stereocenters. The third kappa shape index (κ3) is 3.60. The molecule has 1 aromatic heterocycles. The molecule has 0 radical (unpaired) electrons. The van der Waals surface area contributed by atoms with Crippen molar-refractivity contribution < 1.29 is 14.7 Å². The highest BCUT2D eigenvalue weighted by Gasteiger charge is 2.34. The highest BCUT2D eigenvalue weighted by molar-refractivity contribution is 5.93. The van der Waals surface area contributed by atoms with E-state index in [9.17, 15) is 19.5 Å². The summed E-state index contributed by atoms with van der Waals surface area (Å²) in [6, 6.07) is 7.01. The van der Waals surface area contributed by atoms with Gasteiger partial charge in [0.1, 0.15) is 0 Å². The molecule has 0 saturated heterocycles. The molecule has 1 fully saturated rings. The Kier molecular flexibility index (Phi) is 5.03. The van der Waals surface area contributed by atoms with Gasteiger partial charge < -0.3 is 19.9 Å². The number of carbonyl (C=O) groups is 2. The van der Waals surface area contributed by atoms with Crippen molar-refractivity contribution in [3.05, 3.63) is 40.3 Å². The lowest BCUT2D eigenvalue weighted by Gasteiger charge is -2.33. The molecule has 2 aromatic rings. The summed E-state index contributed by atoms with van der Waals surface area (Å²) in [5, 5.41) is 9.30. The minimum absolute atomic E-state index is 0.0298. The molecule has 8 heteroatoms. The third-order valence-corrected chi connectivity index (χ3v) is 4.76. The van der Waals surface area contributed by atoms with Gasteiger partial charge in [0.05, 0.1) is 17.1 Å². The molecule has 26 heavy (non-hydrogen) atoms. The molecule has 138 valence electrons. The second kappa shape index (κ2) is 7.25. The lowest BCUT2D eigenvalue weighted by molar-refractivity contribution is -0.141. The highest BCUT2D eigenvalue weighted by atomic mass is 16.3. The molecular weight excluding hydrogens is 336 g/mol. The van der Waals surface area contributed by atoms with Gasteiger partial charge in [-0.05, 0) is 25.0 Å². The number of likely N-dealkylation sites (N-methyl/N-ethyl adjacent to an activating group) is 2. The maximum Gasteiger partial charge on any atom is 0.280 e. The molecular formula is C18H22N4O4. The van der Waals surface area contributed by atoms with Crippen LogP contribution in [0.3, 0.4) is 0 Å². The van der Waals surface area contributed by atoms with Crippen LogP contribution >= 0.6 is 0 Å². The zero-order valence-electron chi connectivity index (χ0n) is 14.8. The fraction of sp³-hybridized carbons (Fsp3) is 0.444. The van der Waals surface area contributed by atoms with Gasteiger partial charge in [-0.3, -0.25) is 14.4 Å². The van der Waals surface area contributed by atoms with E-state index < -0.39 is 11.5 Å². The second-order valence-corrected chi connectivity index (χ2v) is 6.74. The van der Waals surface area contributed by atoms with Gasteiger partial charge in [-0.15, -0.1) is 0 Å². The number of aliphatic hydroxyl groups excluding tert-OH is 1. The van der Waals surface area contributed by atoms with Crippen LogP contribution in [0.5, 0.6) is 0 Å². The molecule has 0 aliphatic heterocycles. The summed E-state index contributed by atoms with van der Waals surface area (Å²) >= 11 is 0. The van der Waals surface area contributed by atoms with E-state index >= 15 is 0 Å². The van der Waals surface area contributed by atoms with E-state index in [1.54, 1.807) is 43.3 Å². The van der Waals surface area contributed by atoms with Crippen molar-refractivity contribution in [2.75, 3.05) is 27.2 Å². The molecule has 8 nitrogen and oxygen atoms in total. The fourth-order valence-corrected chi connectivity index (χ4v) is 2.97. The van der Waals surface area contributed by atoms with Crippen LogP contribution in [0.4, 0.5) is 0 Å².